The molecule has 0 aromatic carbocycles. The molecule has 0 bridgehead atoms. The second-order valence-corrected chi connectivity index (χ2v) is 8.73. The van der Waals surface area contributed by atoms with Crippen molar-refractivity contribution in [2.24, 2.45) is 11.7 Å². The lowest BCUT2D eigenvalue weighted by Crippen LogP contribution is -2.44. The molecule has 0 aromatic heterocycles. The van der Waals surface area contributed by atoms with Gasteiger partial charge in [0.05, 0.1) is 18.1 Å². The molecule has 0 amide bonds. The van der Waals surface area contributed by atoms with Crippen molar-refractivity contribution in [2.45, 2.75) is 141 Å². The normalized spacial score (nSPS) is 15.8. The third-order valence-corrected chi connectivity index (χ3v) is 5.82. The number of carbonyl (C=O) groups excluding carboxylic acids is 1. The molecule has 0 heterocycles. The average molecular weight is 416 g/mol. The van der Waals surface area contributed by atoms with Crippen molar-refractivity contribution >= 4 is 5.78 Å². The van der Waals surface area contributed by atoms with Crippen molar-refractivity contribution in [3.05, 3.63) is 0 Å². The van der Waals surface area contributed by atoms with Gasteiger partial charge in [0, 0.05) is 6.42 Å². The molecule has 0 aliphatic rings. The van der Waals surface area contributed by atoms with Crippen LogP contribution in [0.5, 0.6) is 0 Å². The van der Waals surface area contributed by atoms with Gasteiger partial charge in [-0.1, -0.05) is 104 Å². The maximum absolute atomic E-state index is 12.3. The molecule has 174 valence electrons. The minimum absolute atomic E-state index is 0.0531. The Balaban J connectivity index is 3.78. The van der Waals surface area contributed by atoms with E-state index in [2.05, 4.69) is 6.92 Å². The van der Waals surface area contributed by atoms with Gasteiger partial charge in [0.2, 0.25) is 0 Å². The zero-order chi connectivity index (χ0) is 21.9. The standard InChI is InChI=1S/C24H49NO4/c1-3-5-6-7-8-9-10-11-12-13-14-15-16-18-21(27)23(24(25)29)22(28)19-20(26)17-4-2/h20-21,23-24,26-27,29H,3-19,25H2,1-2H3/t20?,21-,23-,24?/m1/s1. The SMILES string of the molecule is CCCCCCCCCCCCCCC[C@@H](O)[C@H](C(=O)CC(O)CCC)C(N)O. The van der Waals surface area contributed by atoms with Crippen LogP contribution in [0.15, 0.2) is 0 Å². The van der Waals surface area contributed by atoms with Gasteiger partial charge in [0.15, 0.2) is 0 Å². The highest BCUT2D eigenvalue weighted by atomic mass is 16.3. The lowest BCUT2D eigenvalue weighted by molar-refractivity contribution is -0.133. The minimum Gasteiger partial charge on any atom is -0.393 e. The van der Waals surface area contributed by atoms with Crippen LogP contribution in [-0.4, -0.2) is 39.5 Å². The first-order valence-corrected chi connectivity index (χ1v) is 12.3. The van der Waals surface area contributed by atoms with Crippen LogP contribution in [0.3, 0.4) is 0 Å². The zero-order valence-electron chi connectivity index (χ0n) is 19.2. The Labute approximate surface area is 179 Å². The summed E-state index contributed by atoms with van der Waals surface area (Å²) in [6, 6.07) is 0. The summed E-state index contributed by atoms with van der Waals surface area (Å²) in [5.74, 6) is -1.35. The van der Waals surface area contributed by atoms with Crippen molar-refractivity contribution in [3.63, 3.8) is 0 Å². The number of carbonyl (C=O) groups is 1. The highest BCUT2D eigenvalue weighted by molar-refractivity contribution is 5.82. The Hall–Kier alpha value is -0.490. The van der Waals surface area contributed by atoms with Gasteiger partial charge in [0.25, 0.3) is 0 Å². The number of rotatable bonds is 21. The predicted molar refractivity (Wildman–Crippen MR) is 121 cm³/mol. The largest absolute Gasteiger partial charge is 0.393 e. The number of nitrogens with two attached hydrogens (primary N) is 1. The summed E-state index contributed by atoms with van der Waals surface area (Å²) < 4.78 is 0. The molecule has 0 rings (SSSR count). The summed E-state index contributed by atoms with van der Waals surface area (Å²) >= 11 is 0. The Morgan fingerprint density at radius 3 is 1.55 bits per heavy atom. The molecule has 0 spiro atoms. The van der Waals surface area contributed by atoms with E-state index in [9.17, 15) is 20.1 Å². The van der Waals surface area contributed by atoms with E-state index >= 15 is 0 Å². The molecule has 0 aromatic rings. The summed E-state index contributed by atoms with van der Waals surface area (Å²) in [6.45, 7) is 4.19. The van der Waals surface area contributed by atoms with Crippen LogP contribution >= 0.6 is 0 Å². The van der Waals surface area contributed by atoms with Crippen LogP contribution in [0.2, 0.25) is 0 Å². The van der Waals surface area contributed by atoms with Crippen LogP contribution in [0.25, 0.3) is 0 Å². The predicted octanol–water partition coefficient (Wildman–Crippen LogP) is 4.84. The van der Waals surface area contributed by atoms with Gasteiger partial charge in [-0.05, 0) is 12.8 Å². The van der Waals surface area contributed by atoms with E-state index in [1.807, 2.05) is 6.92 Å². The molecule has 5 heteroatoms. The molecule has 0 aliphatic carbocycles. The fourth-order valence-electron chi connectivity index (χ4n) is 3.99. The van der Waals surface area contributed by atoms with E-state index in [1.54, 1.807) is 0 Å². The number of Topliss-reactive ketones (excluding diaryl/α,β-unsaturated/α-hetero) is 1. The molecule has 0 aliphatic heterocycles. The smallest absolute Gasteiger partial charge is 0.145 e. The summed E-state index contributed by atoms with van der Waals surface area (Å²) in [5.41, 5.74) is 5.53. The first-order chi connectivity index (χ1) is 13.9. The Bertz CT molecular complexity index is 376. The Morgan fingerprint density at radius 1 is 0.690 bits per heavy atom. The van der Waals surface area contributed by atoms with Crippen molar-refractivity contribution < 1.29 is 20.1 Å². The molecule has 4 atom stereocenters. The second kappa shape index (κ2) is 19.5. The van der Waals surface area contributed by atoms with Gasteiger partial charge >= 0.3 is 0 Å². The Morgan fingerprint density at radius 2 is 1.14 bits per heavy atom. The maximum Gasteiger partial charge on any atom is 0.145 e. The maximum atomic E-state index is 12.3. The molecule has 2 unspecified atom stereocenters. The van der Waals surface area contributed by atoms with Crippen LogP contribution in [0.4, 0.5) is 0 Å². The third-order valence-electron chi connectivity index (χ3n) is 5.82. The first kappa shape index (κ1) is 28.5. The van der Waals surface area contributed by atoms with Crippen LogP contribution in [0.1, 0.15) is 123 Å². The molecule has 0 saturated heterocycles. The number of hydrogen-bond acceptors (Lipinski definition) is 5. The number of unbranched alkanes of at least 4 members (excludes halogenated alkanes) is 12. The topological polar surface area (TPSA) is 104 Å². The lowest BCUT2D eigenvalue weighted by Gasteiger charge is -2.25. The van der Waals surface area contributed by atoms with E-state index in [1.165, 1.54) is 64.2 Å². The summed E-state index contributed by atoms with van der Waals surface area (Å²) in [5, 5.41) is 29.8. The summed E-state index contributed by atoms with van der Waals surface area (Å²) in [7, 11) is 0. The van der Waals surface area contributed by atoms with Crippen molar-refractivity contribution in [3.8, 4) is 0 Å². The van der Waals surface area contributed by atoms with Crippen molar-refractivity contribution in [1.82, 2.24) is 0 Å². The molecule has 0 radical (unpaired) electrons. The van der Waals surface area contributed by atoms with E-state index in [0.717, 1.165) is 25.7 Å². The van der Waals surface area contributed by atoms with Gasteiger partial charge in [0.1, 0.15) is 12.0 Å². The first-order valence-electron chi connectivity index (χ1n) is 12.3. The molecule has 5 N–H and O–H groups in total. The molecule has 5 nitrogen and oxygen atoms in total. The molecule has 0 fully saturated rings. The minimum atomic E-state index is -1.38. The van der Waals surface area contributed by atoms with E-state index in [4.69, 9.17) is 5.73 Å². The van der Waals surface area contributed by atoms with E-state index in [-0.39, 0.29) is 12.2 Å². The van der Waals surface area contributed by atoms with Gasteiger partial charge in [-0.2, -0.15) is 0 Å². The molecule has 29 heavy (non-hydrogen) atoms. The fraction of sp³-hybridized carbons (Fsp3) is 0.958. The summed E-state index contributed by atoms with van der Waals surface area (Å²) in [6.07, 6.45) is 15.0. The van der Waals surface area contributed by atoms with Crippen molar-refractivity contribution in [2.75, 3.05) is 0 Å². The summed E-state index contributed by atoms with van der Waals surface area (Å²) in [4.78, 5) is 12.3. The highest BCUT2D eigenvalue weighted by Gasteiger charge is 2.32. The molecular formula is C24H49NO4. The van der Waals surface area contributed by atoms with Crippen LogP contribution in [-0.2, 0) is 4.79 Å². The highest BCUT2D eigenvalue weighted by Crippen LogP contribution is 2.19. The number of ketones is 1. The third kappa shape index (κ3) is 15.9. The lowest BCUT2D eigenvalue weighted by atomic mass is 9.88. The number of aliphatic hydroxyl groups is 3. The van der Waals surface area contributed by atoms with Gasteiger partial charge in [-0.25, -0.2) is 0 Å². The quantitative estimate of drug-likeness (QED) is 0.159. The zero-order valence-corrected chi connectivity index (χ0v) is 19.2. The van der Waals surface area contributed by atoms with Crippen LogP contribution in [0, 0.1) is 5.92 Å². The van der Waals surface area contributed by atoms with Gasteiger partial charge in [-0.3, -0.25) is 4.79 Å². The Kier molecular flexibility index (Phi) is 19.1. The fourth-order valence-corrected chi connectivity index (χ4v) is 3.99. The van der Waals surface area contributed by atoms with Gasteiger partial charge < -0.3 is 21.1 Å². The molecule has 0 saturated carbocycles. The van der Waals surface area contributed by atoms with Crippen molar-refractivity contribution in [1.29, 1.82) is 0 Å². The van der Waals surface area contributed by atoms with Gasteiger partial charge in [-0.15, -0.1) is 0 Å². The second-order valence-electron chi connectivity index (χ2n) is 8.73. The number of aliphatic hydroxyl groups excluding tert-OH is 3. The van der Waals surface area contributed by atoms with E-state index < -0.39 is 24.4 Å². The molecular weight excluding hydrogens is 366 g/mol. The van der Waals surface area contributed by atoms with Crippen LogP contribution < -0.4 is 5.73 Å². The number of hydrogen-bond donors (Lipinski definition) is 4. The monoisotopic (exact) mass is 415 g/mol. The average Bonchev–Trinajstić information content (AvgIpc) is 2.65. The van der Waals surface area contributed by atoms with E-state index in [0.29, 0.717) is 12.8 Å².